The number of benzene rings is 11. The fraction of sp³-hybridized carbons (Fsp3) is 0.0448. The van der Waals surface area contributed by atoms with Gasteiger partial charge in [0.25, 0.3) is 0 Å². The predicted octanol–water partition coefficient (Wildman–Crippen LogP) is 18.4. The molecule has 2 nitrogen and oxygen atoms in total. The van der Waals surface area contributed by atoms with Crippen molar-refractivity contribution in [2.75, 3.05) is 4.90 Å². The summed E-state index contributed by atoms with van der Waals surface area (Å²) >= 11 is 0. The Morgan fingerprint density at radius 3 is 1.67 bits per heavy atom. The predicted molar refractivity (Wildman–Crippen MR) is 292 cm³/mol. The maximum atomic E-state index is 2.46. The summed E-state index contributed by atoms with van der Waals surface area (Å²) in [4.78, 5) is 2.42. The molecule has 1 aliphatic rings. The zero-order chi connectivity index (χ0) is 46.1. The number of nitrogens with zero attached hydrogens (tertiary/aromatic N) is 2. The van der Waals surface area contributed by atoms with E-state index in [2.05, 4.69) is 278 Å². The number of hydrogen-bond donors (Lipinski definition) is 0. The lowest BCUT2D eigenvalue weighted by atomic mass is 9.82. The highest BCUT2D eigenvalue weighted by molar-refractivity contribution is 6.16. The lowest BCUT2D eigenvalue weighted by molar-refractivity contribution is 0.660. The van der Waals surface area contributed by atoms with Crippen LogP contribution in [0.25, 0.3) is 93.9 Å². The molecule has 13 rings (SSSR count). The maximum Gasteiger partial charge on any atom is 0.0547 e. The molecule has 2 heteroatoms. The summed E-state index contributed by atoms with van der Waals surface area (Å²) in [5.41, 5.74) is 21.7. The normalized spacial score (nSPS) is 12.6. The number of aromatic nitrogens is 1. The van der Waals surface area contributed by atoms with E-state index in [1.54, 1.807) is 0 Å². The van der Waals surface area contributed by atoms with Crippen LogP contribution in [0.1, 0.15) is 25.0 Å². The third-order valence-corrected chi connectivity index (χ3v) is 14.6. The van der Waals surface area contributed by atoms with Gasteiger partial charge in [0, 0.05) is 38.8 Å². The van der Waals surface area contributed by atoms with Crippen LogP contribution in [0.5, 0.6) is 0 Å². The number of para-hydroxylation sites is 2. The van der Waals surface area contributed by atoms with E-state index in [1.807, 2.05) is 0 Å². The Labute approximate surface area is 403 Å². The number of hydrogen-bond acceptors (Lipinski definition) is 1. The van der Waals surface area contributed by atoms with Gasteiger partial charge in [-0.05, 0) is 133 Å². The summed E-state index contributed by atoms with van der Waals surface area (Å²) in [7, 11) is 0. The van der Waals surface area contributed by atoms with Gasteiger partial charge in [0.15, 0.2) is 0 Å². The third-order valence-electron chi connectivity index (χ3n) is 14.6. The quantitative estimate of drug-likeness (QED) is 0.148. The first-order chi connectivity index (χ1) is 34.0. The van der Waals surface area contributed by atoms with Crippen LogP contribution in [0, 0.1) is 0 Å². The van der Waals surface area contributed by atoms with E-state index < -0.39 is 0 Å². The molecule has 0 amide bonds. The molecule has 1 aliphatic carbocycles. The molecule has 0 radical (unpaired) electrons. The van der Waals surface area contributed by atoms with Gasteiger partial charge in [-0.15, -0.1) is 0 Å². The molecule has 0 bridgehead atoms. The van der Waals surface area contributed by atoms with E-state index in [0.29, 0.717) is 0 Å². The molecule has 326 valence electrons. The van der Waals surface area contributed by atoms with Gasteiger partial charge in [0.2, 0.25) is 0 Å². The van der Waals surface area contributed by atoms with Crippen LogP contribution >= 0.6 is 0 Å². The topological polar surface area (TPSA) is 8.17 Å². The second-order valence-electron chi connectivity index (χ2n) is 18.9. The standard InChI is InChI=1S/C67H48N2/c1-67(2)61-29-11-8-25-58(61)59-42-41-53(44-62(59)67)68(51-37-33-47(34-38-51)55-27-15-20-46-19-6-7-23-54(46)55)52-39-35-48(36-40-52)56-24-9-12-30-63(56)69-64-31-13-10-26-60(64)66-57(28-16-32-65(66)69)50-22-14-21-49(43-50)45-17-4-3-5-18-45/h3-44H,1-2H3. The molecule has 0 unspecified atom stereocenters. The number of fused-ring (bicyclic) bond motifs is 7. The molecule has 69 heavy (non-hydrogen) atoms. The van der Waals surface area contributed by atoms with Gasteiger partial charge in [-0.3, -0.25) is 0 Å². The minimum atomic E-state index is -0.126. The SMILES string of the molecule is CC1(C)c2ccccc2-c2ccc(N(c3ccc(-c4ccccc4-n4c5ccccc5c5c(-c6cccc(-c7ccccc7)c6)cccc54)cc3)c3ccc(-c4cccc5ccccc45)cc3)cc21. The average Bonchev–Trinajstić information content (AvgIpc) is 3.87. The molecule has 0 spiro atoms. The Morgan fingerprint density at radius 1 is 0.319 bits per heavy atom. The molecular weight excluding hydrogens is 833 g/mol. The van der Waals surface area contributed by atoms with Crippen molar-refractivity contribution < 1.29 is 0 Å². The first kappa shape index (κ1) is 40.5. The lowest BCUT2D eigenvalue weighted by Crippen LogP contribution is -2.16. The van der Waals surface area contributed by atoms with Crippen molar-refractivity contribution in [3.63, 3.8) is 0 Å². The second-order valence-corrected chi connectivity index (χ2v) is 18.9. The highest BCUT2D eigenvalue weighted by Crippen LogP contribution is 2.51. The Bertz CT molecular complexity index is 3910. The molecule has 0 aliphatic heterocycles. The molecule has 0 atom stereocenters. The summed E-state index contributed by atoms with van der Waals surface area (Å²) in [6.07, 6.45) is 0. The molecule has 0 saturated heterocycles. The van der Waals surface area contributed by atoms with Crippen molar-refractivity contribution in [1.82, 2.24) is 4.57 Å². The molecule has 0 saturated carbocycles. The van der Waals surface area contributed by atoms with Crippen LogP contribution < -0.4 is 4.90 Å². The average molecular weight is 881 g/mol. The number of rotatable bonds is 8. The zero-order valence-electron chi connectivity index (χ0n) is 38.6. The highest BCUT2D eigenvalue weighted by atomic mass is 15.1. The van der Waals surface area contributed by atoms with Crippen molar-refractivity contribution in [2.24, 2.45) is 0 Å². The first-order valence-corrected chi connectivity index (χ1v) is 24.0. The van der Waals surface area contributed by atoms with E-state index >= 15 is 0 Å². The first-order valence-electron chi connectivity index (χ1n) is 24.0. The van der Waals surface area contributed by atoms with Gasteiger partial charge < -0.3 is 9.47 Å². The summed E-state index contributed by atoms with van der Waals surface area (Å²) < 4.78 is 2.46. The van der Waals surface area contributed by atoms with Gasteiger partial charge in [-0.1, -0.05) is 208 Å². The second kappa shape index (κ2) is 16.3. The monoisotopic (exact) mass is 880 g/mol. The maximum absolute atomic E-state index is 2.46. The molecule has 1 heterocycles. The molecule has 1 aromatic heterocycles. The fourth-order valence-corrected chi connectivity index (χ4v) is 11.3. The van der Waals surface area contributed by atoms with Crippen molar-refractivity contribution in [1.29, 1.82) is 0 Å². The fourth-order valence-electron chi connectivity index (χ4n) is 11.3. The van der Waals surface area contributed by atoms with Gasteiger partial charge in [0.05, 0.1) is 16.7 Å². The number of anilines is 3. The molecular formula is C67H48N2. The van der Waals surface area contributed by atoms with Crippen LogP contribution in [0.15, 0.2) is 255 Å². The Morgan fingerprint density at radius 2 is 0.855 bits per heavy atom. The largest absolute Gasteiger partial charge is 0.310 e. The van der Waals surface area contributed by atoms with Crippen LogP contribution in [-0.4, -0.2) is 4.57 Å². The summed E-state index contributed by atoms with van der Waals surface area (Å²) in [5.74, 6) is 0. The van der Waals surface area contributed by atoms with Crippen molar-refractivity contribution in [3.05, 3.63) is 266 Å². The minimum absolute atomic E-state index is 0.126. The molecule has 0 fully saturated rings. The lowest BCUT2D eigenvalue weighted by Gasteiger charge is -2.28. The van der Waals surface area contributed by atoms with Gasteiger partial charge in [-0.25, -0.2) is 0 Å². The van der Waals surface area contributed by atoms with E-state index in [0.717, 1.165) is 28.3 Å². The van der Waals surface area contributed by atoms with Crippen LogP contribution in [0.2, 0.25) is 0 Å². The van der Waals surface area contributed by atoms with Crippen molar-refractivity contribution >= 4 is 49.6 Å². The Hall–Kier alpha value is -8.72. The molecule has 12 aromatic rings. The molecule has 0 N–H and O–H groups in total. The smallest absolute Gasteiger partial charge is 0.0547 e. The minimum Gasteiger partial charge on any atom is -0.310 e. The van der Waals surface area contributed by atoms with Crippen LogP contribution in [0.4, 0.5) is 17.1 Å². The highest BCUT2D eigenvalue weighted by Gasteiger charge is 2.35. The van der Waals surface area contributed by atoms with Crippen molar-refractivity contribution in [3.8, 4) is 61.3 Å². The Balaban J connectivity index is 0.924. The third kappa shape index (κ3) is 6.71. The summed E-state index contributed by atoms with van der Waals surface area (Å²) in [6.45, 7) is 4.72. The van der Waals surface area contributed by atoms with Crippen LogP contribution in [0.3, 0.4) is 0 Å². The molecule has 11 aromatic carbocycles. The Kier molecular flexibility index (Phi) is 9.55. The van der Waals surface area contributed by atoms with Gasteiger partial charge >= 0.3 is 0 Å². The zero-order valence-corrected chi connectivity index (χ0v) is 38.6. The van der Waals surface area contributed by atoms with Crippen LogP contribution in [-0.2, 0) is 5.41 Å². The van der Waals surface area contributed by atoms with Crippen molar-refractivity contribution in [2.45, 2.75) is 19.3 Å². The van der Waals surface area contributed by atoms with E-state index in [1.165, 1.54) is 93.8 Å². The summed E-state index contributed by atoms with van der Waals surface area (Å²) in [5, 5.41) is 5.00. The van der Waals surface area contributed by atoms with E-state index in [9.17, 15) is 0 Å². The van der Waals surface area contributed by atoms with Gasteiger partial charge in [0.1, 0.15) is 0 Å². The summed E-state index contributed by atoms with van der Waals surface area (Å²) in [6, 6.07) is 93.6. The van der Waals surface area contributed by atoms with Gasteiger partial charge in [-0.2, -0.15) is 0 Å². The van der Waals surface area contributed by atoms with E-state index in [-0.39, 0.29) is 5.41 Å². The van der Waals surface area contributed by atoms with E-state index in [4.69, 9.17) is 0 Å².